The smallest absolute Gasteiger partial charge is 0.146 e. The van der Waals surface area contributed by atoms with Crippen molar-refractivity contribution in [2.24, 2.45) is 5.92 Å². The molecule has 76 valence electrons. The summed E-state index contributed by atoms with van der Waals surface area (Å²) in [6.45, 7) is 2.23. The maximum absolute atomic E-state index is 13.3. The summed E-state index contributed by atoms with van der Waals surface area (Å²) in [5.41, 5.74) is 0.645. The summed E-state index contributed by atoms with van der Waals surface area (Å²) < 4.78 is 13.3. The van der Waals surface area contributed by atoms with E-state index in [4.69, 9.17) is 0 Å². The predicted octanol–water partition coefficient (Wildman–Crippen LogP) is 3.43. The number of halogens is 1. The van der Waals surface area contributed by atoms with Crippen molar-refractivity contribution in [2.75, 3.05) is 5.32 Å². The van der Waals surface area contributed by atoms with Crippen LogP contribution in [0.4, 0.5) is 10.1 Å². The standard InChI is InChI=1S/C12H16FN/c1-9-5-4-8-11(9)14-12-7-3-2-6-10(12)13/h2-3,6-7,9,11,14H,4-5,8H2,1H3/t9-,11+/m0/s1. The highest BCUT2D eigenvalue weighted by Crippen LogP contribution is 2.28. The number of rotatable bonds is 2. The van der Waals surface area contributed by atoms with Crippen LogP contribution in [0.25, 0.3) is 0 Å². The molecule has 14 heavy (non-hydrogen) atoms. The zero-order chi connectivity index (χ0) is 9.97. The van der Waals surface area contributed by atoms with Crippen molar-refractivity contribution in [3.05, 3.63) is 30.1 Å². The normalized spacial score (nSPS) is 26.4. The van der Waals surface area contributed by atoms with Gasteiger partial charge in [0.15, 0.2) is 0 Å². The maximum Gasteiger partial charge on any atom is 0.146 e. The number of hydrogen-bond donors (Lipinski definition) is 1. The average molecular weight is 193 g/mol. The van der Waals surface area contributed by atoms with Gasteiger partial charge in [0.2, 0.25) is 0 Å². The van der Waals surface area contributed by atoms with Crippen LogP contribution < -0.4 is 5.32 Å². The summed E-state index contributed by atoms with van der Waals surface area (Å²) in [4.78, 5) is 0. The molecule has 0 saturated heterocycles. The molecule has 1 aliphatic rings. The number of anilines is 1. The number of nitrogens with one attached hydrogen (secondary N) is 1. The second-order valence-corrected chi connectivity index (χ2v) is 4.14. The summed E-state index contributed by atoms with van der Waals surface area (Å²) in [6.07, 6.45) is 3.68. The van der Waals surface area contributed by atoms with E-state index < -0.39 is 0 Å². The van der Waals surface area contributed by atoms with Crippen LogP contribution >= 0.6 is 0 Å². The molecule has 1 N–H and O–H groups in total. The van der Waals surface area contributed by atoms with Gasteiger partial charge in [0, 0.05) is 6.04 Å². The Hall–Kier alpha value is -1.05. The second-order valence-electron chi connectivity index (χ2n) is 4.14. The number of hydrogen-bond acceptors (Lipinski definition) is 1. The summed E-state index contributed by atoms with van der Waals surface area (Å²) >= 11 is 0. The third-order valence-corrected chi connectivity index (χ3v) is 3.08. The fraction of sp³-hybridized carbons (Fsp3) is 0.500. The molecule has 1 saturated carbocycles. The van der Waals surface area contributed by atoms with Gasteiger partial charge in [-0.1, -0.05) is 25.5 Å². The van der Waals surface area contributed by atoms with E-state index in [1.54, 1.807) is 12.1 Å². The van der Waals surface area contributed by atoms with Crippen molar-refractivity contribution in [3.63, 3.8) is 0 Å². The van der Waals surface area contributed by atoms with Gasteiger partial charge in [-0.2, -0.15) is 0 Å². The quantitative estimate of drug-likeness (QED) is 0.758. The van der Waals surface area contributed by atoms with E-state index in [1.165, 1.54) is 18.9 Å². The molecule has 1 aromatic rings. The van der Waals surface area contributed by atoms with Crippen LogP contribution in [0.1, 0.15) is 26.2 Å². The molecular weight excluding hydrogens is 177 g/mol. The predicted molar refractivity (Wildman–Crippen MR) is 56.8 cm³/mol. The summed E-state index contributed by atoms with van der Waals surface area (Å²) in [6, 6.07) is 7.35. The summed E-state index contributed by atoms with van der Waals surface area (Å²) in [5.74, 6) is 0.515. The minimum absolute atomic E-state index is 0.147. The lowest BCUT2D eigenvalue weighted by Gasteiger charge is -2.18. The van der Waals surface area contributed by atoms with Crippen LogP contribution in [0.3, 0.4) is 0 Å². The Morgan fingerprint density at radius 3 is 2.71 bits per heavy atom. The minimum Gasteiger partial charge on any atom is -0.380 e. The SMILES string of the molecule is C[C@H]1CCC[C@H]1Nc1ccccc1F. The molecule has 0 unspecified atom stereocenters. The first-order chi connectivity index (χ1) is 6.77. The Balaban J connectivity index is 2.07. The summed E-state index contributed by atoms with van der Waals surface area (Å²) in [7, 11) is 0. The topological polar surface area (TPSA) is 12.0 Å². The Morgan fingerprint density at radius 1 is 1.29 bits per heavy atom. The van der Waals surface area contributed by atoms with Crippen molar-refractivity contribution in [1.29, 1.82) is 0 Å². The van der Waals surface area contributed by atoms with Crippen LogP contribution in [-0.4, -0.2) is 6.04 Å². The van der Waals surface area contributed by atoms with E-state index in [1.807, 2.05) is 6.07 Å². The fourth-order valence-corrected chi connectivity index (χ4v) is 2.14. The highest BCUT2D eigenvalue weighted by atomic mass is 19.1. The lowest BCUT2D eigenvalue weighted by molar-refractivity contribution is 0.549. The summed E-state index contributed by atoms with van der Waals surface area (Å²) in [5, 5.41) is 3.28. The molecule has 1 aromatic carbocycles. The van der Waals surface area contributed by atoms with Crippen molar-refractivity contribution < 1.29 is 4.39 Å². The Bertz CT molecular complexity index is 311. The van der Waals surface area contributed by atoms with E-state index >= 15 is 0 Å². The van der Waals surface area contributed by atoms with E-state index in [0.717, 1.165) is 6.42 Å². The van der Waals surface area contributed by atoms with Gasteiger partial charge in [0.05, 0.1) is 5.69 Å². The maximum atomic E-state index is 13.3. The third-order valence-electron chi connectivity index (χ3n) is 3.08. The molecule has 0 spiro atoms. The lowest BCUT2D eigenvalue weighted by Crippen LogP contribution is -2.22. The van der Waals surface area contributed by atoms with Crippen LogP contribution in [0, 0.1) is 11.7 Å². The Kier molecular flexibility index (Phi) is 2.71. The van der Waals surface area contributed by atoms with Gasteiger partial charge in [-0.15, -0.1) is 0 Å². The first-order valence-corrected chi connectivity index (χ1v) is 5.28. The average Bonchev–Trinajstić information content (AvgIpc) is 2.56. The number of benzene rings is 1. The molecule has 2 heteroatoms. The van der Waals surface area contributed by atoms with Gasteiger partial charge in [0.1, 0.15) is 5.82 Å². The second kappa shape index (κ2) is 3.99. The van der Waals surface area contributed by atoms with Gasteiger partial charge in [-0.3, -0.25) is 0 Å². The zero-order valence-corrected chi connectivity index (χ0v) is 8.46. The van der Waals surface area contributed by atoms with E-state index in [9.17, 15) is 4.39 Å². The van der Waals surface area contributed by atoms with Crippen LogP contribution in [0.5, 0.6) is 0 Å². The highest BCUT2D eigenvalue weighted by Gasteiger charge is 2.23. The molecule has 0 amide bonds. The number of para-hydroxylation sites is 1. The van der Waals surface area contributed by atoms with Crippen LogP contribution in [0.2, 0.25) is 0 Å². The van der Waals surface area contributed by atoms with Gasteiger partial charge in [-0.05, 0) is 30.9 Å². The van der Waals surface area contributed by atoms with Crippen molar-refractivity contribution in [1.82, 2.24) is 0 Å². The highest BCUT2D eigenvalue weighted by molar-refractivity contribution is 5.45. The molecule has 0 aromatic heterocycles. The molecule has 2 rings (SSSR count). The fourth-order valence-electron chi connectivity index (χ4n) is 2.14. The van der Waals surface area contributed by atoms with E-state index in [2.05, 4.69) is 12.2 Å². The van der Waals surface area contributed by atoms with Crippen molar-refractivity contribution in [2.45, 2.75) is 32.2 Å². The van der Waals surface area contributed by atoms with Gasteiger partial charge in [0.25, 0.3) is 0 Å². The molecule has 0 bridgehead atoms. The van der Waals surface area contributed by atoms with Crippen LogP contribution in [0.15, 0.2) is 24.3 Å². The molecule has 0 aliphatic heterocycles. The van der Waals surface area contributed by atoms with E-state index in [-0.39, 0.29) is 5.82 Å². The Labute approximate surface area is 84.3 Å². The molecule has 1 nitrogen and oxygen atoms in total. The Morgan fingerprint density at radius 2 is 2.07 bits per heavy atom. The zero-order valence-electron chi connectivity index (χ0n) is 8.46. The van der Waals surface area contributed by atoms with Crippen molar-refractivity contribution in [3.8, 4) is 0 Å². The van der Waals surface area contributed by atoms with Crippen LogP contribution in [-0.2, 0) is 0 Å². The van der Waals surface area contributed by atoms with Gasteiger partial charge < -0.3 is 5.32 Å². The molecule has 0 radical (unpaired) electrons. The van der Waals surface area contributed by atoms with Crippen molar-refractivity contribution >= 4 is 5.69 Å². The molecular formula is C12H16FN. The minimum atomic E-state index is -0.147. The largest absolute Gasteiger partial charge is 0.380 e. The molecule has 2 atom stereocenters. The lowest BCUT2D eigenvalue weighted by atomic mass is 10.1. The van der Waals surface area contributed by atoms with Gasteiger partial charge >= 0.3 is 0 Å². The van der Waals surface area contributed by atoms with E-state index in [0.29, 0.717) is 17.6 Å². The molecule has 1 aliphatic carbocycles. The molecule has 1 fully saturated rings. The molecule has 0 heterocycles. The monoisotopic (exact) mass is 193 g/mol. The third kappa shape index (κ3) is 1.89. The first-order valence-electron chi connectivity index (χ1n) is 5.28. The first kappa shape index (κ1) is 9.50. The van der Waals surface area contributed by atoms with Gasteiger partial charge in [-0.25, -0.2) is 4.39 Å².